The first-order valence-corrected chi connectivity index (χ1v) is 6.75. The van der Waals surface area contributed by atoms with Gasteiger partial charge in [0.15, 0.2) is 0 Å². The maximum Gasteiger partial charge on any atom is 0.0596 e. The van der Waals surface area contributed by atoms with Crippen molar-refractivity contribution in [1.29, 1.82) is 0 Å². The molecule has 1 aromatic carbocycles. The predicted octanol–water partition coefficient (Wildman–Crippen LogP) is 2.81. The fraction of sp³-hybridized carbons (Fsp3) is 0.357. The maximum absolute atomic E-state index is 9.57. The molecule has 0 bridgehead atoms. The predicted molar refractivity (Wildman–Crippen MR) is 75.6 cm³/mol. The van der Waals surface area contributed by atoms with E-state index in [2.05, 4.69) is 27.1 Å². The first-order valence-electron chi connectivity index (χ1n) is 5.96. The minimum absolute atomic E-state index is 0.118. The molecule has 0 aliphatic heterocycles. The van der Waals surface area contributed by atoms with Gasteiger partial charge < -0.3 is 5.11 Å². The summed E-state index contributed by atoms with van der Waals surface area (Å²) in [5, 5.41) is 13.9. The zero-order chi connectivity index (χ0) is 13.1. The molecule has 96 valence electrons. The molecule has 1 unspecified atom stereocenters. The zero-order valence-corrected chi connectivity index (χ0v) is 12.2. The summed E-state index contributed by atoms with van der Waals surface area (Å²) >= 11 is 3.42. The van der Waals surface area contributed by atoms with Crippen LogP contribution in [0.1, 0.15) is 22.9 Å². The first-order chi connectivity index (χ1) is 8.60. The molecular weight excluding hydrogens is 292 g/mol. The maximum atomic E-state index is 9.57. The normalized spacial score (nSPS) is 12.7. The summed E-state index contributed by atoms with van der Waals surface area (Å²) in [5.41, 5.74) is 3.31. The number of aryl methyl sites for hydroxylation is 2. The Morgan fingerprint density at radius 3 is 2.50 bits per heavy atom. The van der Waals surface area contributed by atoms with Crippen molar-refractivity contribution in [3.05, 3.63) is 51.8 Å². The standard InChI is InChI=1S/C14H17BrN2O/c1-10-7-14(17(2)16-10)8-12(9-18)11-3-5-13(15)6-4-11/h3-7,12,18H,8-9H2,1-2H3. The number of rotatable bonds is 4. The van der Waals surface area contributed by atoms with E-state index in [1.54, 1.807) is 0 Å². The second-order valence-corrected chi connectivity index (χ2v) is 5.45. The highest BCUT2D eigenvalue weighted by atomic mass is 79.9. The van der Waals surface area contributed by atoms with Crippen LogP contribution in [0.2, 0.25) is 0 Å². The summed E-state index contributed by atoms with van der Waals surface area (Å²) in [6, 6.07) is 10.2. The third-order valence-corrected chi connectivity index (χ3v) is 3.64. The van der Waals surface area contributed by atoms with Crippen LogP contribution in [0.25, 0.3) is 0 Å². The summed E-state index contributed by atoms with van der Waals surface area (Å²) in [7, 11) is 1.94. The van der Waals surface area contributed by atoms with E-state index in [9.17, 15) is 5.11 Å². The van der Waals surface area contributed by atoms with Gasteiger partial charge in [-0.05, 0) is 37.1 Å². The largest absolute Gasteiger partial charge is 0.396 e. The average molecular weight is 309 g/mol. The van der Waals surface area contributed by atoms with Gasteiger partial charge in [0.2, 0.25) is 0 Å². The number of aliphatic hydroxyl groups is 1. The molecule has 3 nitrogen and oxygen atoms in total. The summed E-state index contributed by atoms with van der Waals surface area (Å²) < 4.78 is 2.94. The molecule has 0 saturated heterocycles. The van der Waals surface area contributed by atoms with Gasteiger partial charge in [0, 0.05) is 23.1 Å². The quantitative estimate of drug-likeness (QED) is 0.943. The molecule has 1 N–H and O–H groups in total. The van der Waals surface area contributed by atoms with E-state index >= 15 is 0 Å². The molecule has 0 saturated carbocycles. The van der Waals surface area contributed by atoms with Crippen LogP contribution in [-0.2, 0) is 13.5 Å². The molecule has 18 heavy (non-hydrogen) atoms. The Kier molecular flexibility index (Phi) is 4.19. The van der Waals surface area contributed by atoms with E-state index in [0.29, 0.717) is 0 Å². The molecule has 0 aliphatic rings. The molecule has 0 aliphatic carbocycles. The van der Waals surface area contributed by atoms with Crippen molar-refractivity contribution in [3.8, 4) is 0 Å². The molecule has 0 spiro atoms. The number of aliphatic hydroxyl groups excluding tert-OH is 1. The van der Waals surface area contributed by atoms with Gasteiger partial charge in [-0.1, -0.05) is 28.1 Å². The molecule has 2 aromatic rings. The number of hydrogen-bond donors (Lipinski definition) is 1. The highest BCUT2D eigenvalue weighted by Gasteiger charge is 2.14. The molecule has 2 rings (SSSR count). The summed E-state index contributed by atoms with van der Waals surface area (Å²) in [6.45, 7) is 2.13. The Labute approximate surface area is 116 Å². The lowest BCUT2D eigenvalue weighted by Crippen LogP contribution is -2.10. The van der Waals surface area contributed by atoms with Crippen LogP contribution in [0.15, 0.2) is 34.8 Å². The van der Waals surface area contributed by atoms with Crippen molar-refractivity contribution in [2.45, 2.75) is 19.3 Å². The van der Waals surface area contributed by atoms with Crippen LogP contribution < -0.4 is 0 Å². The van der Waals surface area contributed by atoms with Crippen molar-refractivity contribution in [1.82, 2.24) is 9.78 Å². The van der Waals surface area contributed by atoms with E-state index in [4.69, 9.17) is 0 Å². The van der Waals surface area contributed by atoms with E-state index in [1.165, 1.54) is 0 Å². The van der Waals surface area contributed by atoms with E-state index in [1.807, 2.05) is 42.9 Å². The van der Waals surface area contributed by atoms with Crippen molar-refractivity contribution in [3.63, 3.8) is 0 Å². The Bertz CT molecular complexity index is 519. The second-order valence-electron chi connectivity index (χ2n) is 4.54. The first kappa shape index (κ1) is 13.3. The summed E-state index contributed by atoms with van der Waals surface area (Å²) in [6.07, 6.45) is 0.801. The smallest absolute Gasteiger partial charge is 0.0596 e. The number of benzene rings is 1. The van der Waals surface area contributed by atoms with Crippen LogP contribution in [0.3, 0.4) is 0 Å². The number of aromatic nitrogens is 2. The molecule has 1 atom stereocenters. The summed E-state index contributed by atoms with van der Waals surface area (Å²) in [4.78, 5) is 0. The van der Waals surface area contributed by atoms with Gasteiger partial charge in [0.1, 0.15) is 0 Å². The van der Waals surface area contributed by atoms with Gasteiger partial charge in [-0.2, -0.15) is 5.10 Å². The second kappa shape index (κ2) is 5.67. The van der Waals surface area contributed by atoms with Crippen molar-refractivity contribution < 1.29 is 5.11 Å². The SMILES string of the molecule is Cc1cc(CC(CO)c2ccc(Br)cc2)n(C)n1. The third-order valence-electron chi connectivity index (χ3n) is 3.12. The van der Waals surface area contributed by atoms with Crippen LogP contribution >= 0.6 is 15.9 Å². The van der Waals surface area contributed by atoms with Gasteiger partial charge in [-0.3, -0.25) is 4.68 Å². The fourth-order valence-corrected chi connectivity index (χ4v) is 2.39. The Morgan fingerprint density at radius 2 is 2.00 bits per heavy atom. The molecule has 0 fully saturated rings. The molecule has 4 heteroatoms. The van der Waals surface area contributed by atoms with Gasteiger partial charge in [-0.25, -0.2) is 0 Å². The lowest BCUT2D eigenvalue weighted by molar-refractivity contribution is 0.263. The Balaban J connectivity index is 2.19. The molecule has 0 radical (unpaired) electrons. The number of halogens is 1. The molecular formula is C14H17BrN2O. The van der Waals surface area contributed by atoms with Gasteiger partial charge in [0.25, 0.3) is 0 Å². The van der Waals surface area contributed by atoms with Crippen LogP contribution in [0, 0.1) is 6.92 Å². The van der Waals surface area contributed by atoms with Crippen molar-refractivity contribution in [2.75, 3.05) is 6.61 Å². The highest BCUT2D eigenvalue weighted by molar-refractivity contribution is 9.10. The van der Waals surface area contributed by atoms with Crippen LogP contribution in [0.4, 0.5) is 0 Å². The number of nitrogens with zero attached hydrogens (tertiary/aromatic N) is 2. The lowest BCUT2D eigenvalue weighted by atomic mass is 9.95. The molecule has 0 amide bonds. The van der Waals surface area contributed by atoms with Gasteiger partial charge >= 0.3 is 0 Å². The fourth-order valence-electron chi connectivity index (χ4n) is 2.13. The van der Waals surface area contributed by atoms with Crippen molar-refractivity contribution >= 4 is 15.9 Å². The lowest BCUT2D eigenvalue weighted by Gasteiger charge is -2.14. The van der Waals surface area contributed by atoms with E-state index in [0.717, 1.165) is 27.8 Å². The summed E-state index contributed by atoms with van der Waals surface area (Å²) in [5.74, 6) is 0.118. The van der Waals surface area contributed by atoms with Crippen molar-refractivity contribution in [2.24, 2.45) is 7.05 Å². The number of hydrogen-bond acceptors (Lipinski definition) is 2. The zero-order valence-electron chi connectivity index (χ0n) is 10.6. The minimum atomic E-state index is 0.118. The highest BCUT2D eigenvalue weighted by Crippen LogP contribution is 2.22. The topological polar surface area (TPSA) is 38.0 Å². The van der Waals surface area contributed by atoms with Gasteiger partial charge in [-0.15, -0.1) is 0 Å². The Hall–Kier alpha value is -1.13. The van der Waals surface area contributed by atoms with Gasteiger partial charge in [0.05, 0.1) is 12.3 Å². The molecule has 1 heterocycles. The average Bonchev–Trinajstić information content (AvgIpc) is 2.66. The van der Waals surface area contributed by atoms with E-state index < -0.39 is 0 Å². The van der Waals surface area contributed by atoms with Crippen LogP contribution in [0.5, 0.6) is 0 Å². The third kappa shape index (κ3) is 3.00. The van der Waals surface area contributed by atoms with Crippen LogP contribution in [-0.4, -0.2) is 21.5 Å². The Morgan fingerprint density at radius 1 is 1.33 bits per heavy atom. The monoisotopic (exact) mass is 308 g/mol. The van der Waals surface area contributed by atoms with E-state index in [-0.39, 0.29) is 12.5 Å². The molecule has 1 aromatic heterocycles. The minimum Gasteiger partial charge on any atom is -0.396 e.